The molecule has 1 N–H and O–H groups in total. The Hall–Kier alpha value is -1.88. The molecule has 0 bridgehead atoms. The summed E-state index contributed by atoms with van der Waals surface area (Å²) in [7, 11) is 0. The Morgan fingerprint density at radius 2 is 1.50 bits per heavy atom. The first kappa shape index (κ1) is 14.5. The minimum Gasteiger partial charge on any atom is -0.306 e. The minimum absolute atomic E-state index is 0.133. The van der Waals surface area contributed by atoms with Crippen molar-refractivity contribution in [3.8, 4) is 0 Å². The molecule has 0 amide bonds. The van der Waals surface area contributed by atoms with E-state index < -0.39 is 17.5 Å². The molecular formula is C15H13F4N. The fourth-order valence-corrected chi connectivity index (χ4v) is 1.85. The lowest BCUT2D eigenvalue weighted by Crippen LogP contribution is -2.18. The molecule has 0 saturated heterocycles. The van der Waals surface area contributed by atoms with Crippen LogP contribution in [0.2, 0.25) is 0 Å². The number of hydrogen-bond acceptors (Lipinski definition) is 1. The second-order valence-corrected chi connectivity index (χ2v) is 4.53. The van der Waals surface area contributed by atoms with E-state index >= 15 is 0 Å². The van der Waals surface area contributed by atoms with Crippen molar-refractivity contribution in [2.24, 2.45) is 0 Å². The van der Waals surface area contributed by atoms with Crippen molar-refractivity contribution in [1.82, 2.24) is 5.32 Å². The Morgan fingerprint density at radius 3 is 2.05 bits per heavy atom. The van der Waals surface area contributed by atoms with Crippen molar-refractivity contribution in [2.75, 3.05) is 0 Å². The Bertz CT molecular complexity index is 572. The van der Waals surface area contributed by atoms with Gasteiger partial charge in [-0.25, -0.2) is 17.6 Å². The lowest BCUT2D eigenvalue weighted by Gasteiger charge is -2.14. The van der Waals surface area contributed by atoms with Crippen LogP contribution in [0.4, 0.5) is 17.6 Å². The highest BCUT2D eigenvalue weighted by atomic mass is 19.2. The van der Waals surface area contributed by atoms with E-state index in [0.29, 0.717) is 5.56 Å². The van der Waals surface area contributed by atoms with Gasteiger partial charge in [-0.2, -0.15) is 0 Å². The molecule has 0 aliphatic carbocycles. The van der Waals surface area contributed by atoms with Crippen LogP contribution in [0, 0.1) is 23.3 Å². The van der Waals surface area contributed by atoms with E-state index in [-0.39, 0.29) is 18.4 Å². The normalized spacial score (nSPS) is 12.4. The van der Waals surface area contributed by atoms with Crippen LogP contribution >= 0.6 is 0 Å². The van der Waals surface area contributed by atoms with Gasteiger partial charge in [-0.3, -0.25) is 0 Å². The second-order valence-electron chi connectivity index (χ2n) is 4.53. The van der Waals surface area contributed by atoms with Gasteiger partial charge < -0.3 is 5.32 Å². The topological polar surface area (TPSA) is 12.0 Å². The maximum Gasteiger partial charge on any atom is 0.194 e. The zero-order valence-corrected chi connectivity index (χ0v) is 10.8. The molecule has 2 rings (SSSR count). The molecule has 20 heavy (non-hydrogen) atoms. The maximum absolute atomic E-state index is 13.0. The Kier molecular flexibility index (Phi) is 4.39. The average molecular weight is 283 g/mol. The molecule has 0 radical (unpaired) electrons. The highest BCUT2D eigenvalue weighted by molar-refractivity contribution is 5.21. The van der Waals surface area contributed by atoms with Crippen molar-refractivity contribution in [2.45, 2.75) is 19.5 Å². The van der Waals surface area contributed by atoms with Crippen molar-refractivity contribution >= 4 is 0 Å². The standard InChI is InChI=1S/C15H13F4N/c1-9(11-2-4-12(16)5-3-11)20-8-10-6-13(17)15(19)14(18)7-10/h2-7,9,20H,8H2,1H3/t9-/m0/s1. The van der Waals surface area contributed by atoms with Gasteiger partial charge in [0.1, 0.15) is 5.82 Å². The van der Waals surface area contributed by atoms with Crippen LogP contribution in [0.15, 0.2) is 36.4 Å². The Labute approximate surface area is 114 Å². The summed E-state index contributed by atoms with van der Waals surface area (Å²) < 4.78 is 51.7. The summed E-state index contributed by atoms with van der Waals surface area (Å²) in [5, 5.41) is 3.03. The molecule has 2 aromatic rings. The summed E-state index contributed by atoms with van der Waals surface area (Å²) >= 11 is 0. The molecule has 0 saturated carbocycles. The van der Waals surface area contributed by atoms with Crippen molar-refractivity contribution in [1.29, 1.82) is 0 Å². The van der Waals surface area contributed by atoms with Crippen LogP contribution in [-0.4, -0.2) is 0 Å². The van der Waals surface area contributed by atoms with E-state index in [2.05, 4.69) is 5.32 Å². The van der Waals surface area contributed by atoms with E-state index in [0.717, 1.165) is 17.7 Å². The smallest absolute Gasteiger partial charge is 0.194 e. The molecule has 2 aromatic carbocycles. The second kappa shape index (κ2) is 6.05. The predicted molar refractivity (Wildman–Crippen MR) is 68.0 cm³/mol. The summed E-state index contributed by atoms with van der Waals surface area (Å²) in [6.07, 6.45) is 0. The van der Waals surface area contributed by atoms with Crippen molar-refractivity contribution in [3.05, 3.63) is 70.8 Å². The van der Waals surface area contributed by atoms with Gasteiger partial charge in [-0.1, -0.05) is 12.1 Å². The number of hydrogen-bond donors (Lipinski definition) is 1. The van der Waals surface area contributed by atoms with Crippen molar-refractivity contribution < 1.29 is 17.6 Å². The average Bonchev–Trinajstić information content (AvgIpc) is 2.42. The number of nitrogens with one attached hydrogen (secondary N) is 1. The number of benzene rings is 2. The van der Waals surface area contributed by atoms with E-state index in [9.17, 15) is 17.6 Å². The van der Waals surface area contributed by atoms with Crippen LogP contribution in [0.3, 0.4) is 0 Å². The third kappa shape index (κ3) is 3.36. The van der Waals surface area contributed by atoms with Crippen molar-refractivity contribution in [3.63, 3.8) is 0 Å². The summed E-state index contributed by atoms with van der Waals surface area (Å²) in [6, 6.07) is 7.69. The quantitative estimate of drug-likeness (QED) is 0.658. The first-order valence-electron chi connectivity index (χ1n) is 6.09. The van der Waals surface area contributed by atoms with Gasteiger partial charge in [-0.15, -0.1) is 0 Å². The maximum atomic E-state index is 13.0. The molecule has 0 aliphatic rings. The van der Waals surface area contributed by atoms with Crippen LogP contribution in [-0.2, 0) is 6.54 Å². The Morgan fingerprint density at radius 1 is 0.950 bits per heavy atom. The number of rotatable bonds is 4. The monoisotopic (exact) mass is 283 g/mol. The molecule has 1 atom stereocenters. The van der Waals surface area contributed by atoms with Gasteiger partial charge >= 0.3 is 0 Å². The molecule has 106 valence electrons. The predicted octanol–water partition coefficient (Wildman–Crippen LogP) is 4.09. The highest BCUT2D eigenvalue weighted by Gasteiger charge is 2.11. The largest absolute Gasteiger partial charge is 0.306 e. The first-order valence-corrected chi connectivity index (χ1v) is 6.09. The van der Waals surface area contributed by atoms with E-state index in [1.54, 1.807) is 12.1 Å². The first-order chi connectivity index (χ1) is 9.47. The molecule has 0 aromatic heterocycles. The minimum atomic E-state index is -1.47. The molecule has 5 heteroatoms. The molecule has 0 unspecified atom stereocenters. The lowest BCUT2D eigenvalue weighted by molar-refractivity contribution is 0.443. The molecule has 0 heterocycles. The van der Waals surface area contributed by atoms with E-state index in [1.807, 2.05) is 6.92 Å². The highest BCUT2D eigenvalue weighted by Crippen LogP contribution is 2.16. The summed E-state index contributed by atoms with van der Waals surface area (Å²) in [6.45, 7) is 2.01. The van der Waals surface area contributed by atoms with Gasteiger partial charge in [0.15, 0.2) is 17.5 Å². The zero-order chi connectivity index (χ0) is 14.7. The summed E-state index contributed by atoms with van der Waals surface area (Å²) in [4.78, 5) is 0. The van der Waals surface area contributed by atoms with Crippen LogP contribution < -0.4 is 5.32 Å². The summed E-state index contributed by atoms with van der Waals surface area (Å²) in [5.41, 5.74) is 1.14. The summed E-state index contributed by atoms with van der Waals surface area (Å²) in [5.74, 6) is -4.23. The third-order valence-electron chi connectivity index (χ3n) is 3.03. The number of halogens is 4. The molecule has 0 spiro atoms. The van der Waals surface area contributed by atoms with E-state index in [1.165, 1.54) is 12.1 Å². The van der Waals surface area contributed by atoms with Gasteiger partial charge in [-0.05, 0) is 42.3 Å². The third-order valence-corrected chi connectivity index (χ3v) is 3.03. The lowest BCUT2D eigenvalue weighted by atomic mass is 10.1. The Balaban J connectivity index is 2.03. The van der Waals surface area contributed by atoms with Gasteiger partial charge in [0, 0.05) is 12.6 Å². The van der Waals surface area contributed by atoms with Crippen LogP contribution in [0.1, 0.15) is 24.1 Å². The van der Waals surface area contributed by atoms with Gasteiger partial charge in [0.2, 0.25) is 0 Å². The van der Waals surface area contributed by atoms with Gasteiger partial charge in [0.05, 0.1) is 0 Å². The molecular weight excluding hydrogens is 270 g/mol. The van der Waals surface area contributed by atoms with E-state index in [4.69, 9.17) is 0 Å². The zero-order valence-electron chi connectivity index (χ0n) is 10.8. The van der Waals surface area contributed by atoms with Crippen LogP contribution in [0.25, 0.3) is 0 Å². The fraction of sp³-hybridized carbons (Fsp3) is 0.200. The van der Waals surface area contributed by atoms with Gasteiger partial charge in [0.25, 0.3) is 0 Å². The molecule has 0 fully saturated rings. The SMILES string of the molecule is C[C@H](NCc1cc(F)c(F)c(F)c1)c1ccc(F)cc1. The molecule has 1 nitrogen and oxygen atoms in total. The molecule has 0 aliphatic heterocycles. The fourth-order valence-electron chi connectivity index (χ4n) is 1.85. The van der Waals surface area contributed by atoms with Crippen LogP contribution in [0.5, 0.6) is 0 Å².